The SMILES string of the molecule is COc1ccc(C)cc1NC(=O)C(C)Oc1ccc(F)c2c1C(=O)CC2C. The predicted molar refractivity (Wildman–Crippen MR) is 100 cm³/mol. The van der Waals surface area contributed by atoms with Crippen LogP contribution in [0.1, 0.15) is 47.7 Å². The molecule has 0 fully saturated rings. The number of benzene rings is 2. The Labute approximate surface area is 157 Å². The Morgan fingerprint density at radius 1 is 1.26 bits per heavy atom. The molecular formula is C21H22FNO4. The van der Waals surface area contributed by atoms with Gasteiger partial charge in [-0.1, -0.05) is 13.0 Å². The van der Waals surface area contributed by atoms with Crippen molar-refractivity contribution in [3.05, 3.63) is 52.8 Å². The number of amides is 1. The lowest BCUT2D eigenvalue weighted by Gasteiger charge is -2.18. The van der Waals surface area contributed by atoms with E-state index in [1.54, 1.807) is 26.0 Å². The minimum atomic E-state index is -0.881. The summed E-state index contributed by atoms with van der Waals surface area (Å²) in [5.74, 6) is -0.406. The van der Waals surface area contributed by atoms with Gasteiger partial charge in [-0.15, -0.1) is 0 Å². The van der Waals surface area contributed by atoms with E-state index >= 15 is 0 Å². The first-order chi connectivity index (χ1) is 12.8. The number of carbonyl (C=O) groups excluding carboxylic acids is 2. The Kier molecular flexibility index (Phi) is 5.17. The molecule has 2 aromatic carbocycles. The summed E-state index contributed by atoms with van der Waals surface area (Å²) in [4.78, 5) is 24.8. The maximum absolute atomic E-state index is 14.1. The highest BCUT2D eigenvalue weighted by Gasteiger charge is 2.33. The molecule has 142 valence electrons. The number of aryl methyl sites for hydroxylation is 1. The van der Waals surface area contributed by atoms with Crippen molar-refractivity contribution in [1.29, 1.82) is 0 Å². The van der Waals surface area contributed by atoms with Crippen LogP contribution in [-0.2, 0) is 4.79 Å². The van der Waals surface area contributed by atoms with Gasteiger partial charge in [0.2, 0.25) is 0 Å². The van der Waals surface area contributed by atoms with Crippen LogP contribution in [0.15, 0.2) is 30.3 Å². The quantitative estimate of drug-likeness (QED) is 0.854. The van der Waals surface area contributed by atoms with Crippen molar-refractivity contribution < 1.29 is 23.5 Å². The smallest absolute Gasteiger partial charge is 0.265 e. The van der Waals surface area contributed by atoms with E-state index < -0.39 is 17.8 Å². The molecule has 0 saturated carbocycles. The minimum Gasteiger partial charge on any atom is -0.495 e. The molecule has 6 heteroatoms. The van der Waals surface area contributed by atoms with Crippen molar-refractivity contribution in [2.45, 2.75) is 39.2 Å². The number of rotatable bonds is 5. The summed E-state index contributed by atoms with van der Waals surface area (Å²) >= 11 is 0. The van der Waals surface area contributed by atoms with Crippen LogP contribution in [0, 0.1) is 12.7 Å². The van der Waals surface area contributed by atoms with E-state index in [0.717, 1.165) is 5.56 Å². The van der Waals surface area contributed by atoms with E-state index in [4.69, 9.17) is 9.47 Å². The van der Waals surface area contributed by atoms with Crippen molar-refractivity contribution in [2.24, 2.45) is 0 Å². The monoisotopic (exact) mass is 371 g/mol. The molecular weight excluding hydrogens is 349 g/mol. The lowest BCUT2D eigenvalue weighted by atomic mass is 10.0. The van der Waals surface area contributed by atoms with Gasteiger partial charge in [0.25, 0.3) is 5.91 Å². The summed E-state index contributed by atoms with van der Waals surface area (Å²) in [5, 5.41) is 2.77. The zero-order valence-corrected chi connectivity index (χ0v) is 15.8. The molecule has 0 bridgehead atoms. The number of Topliss-reactive ketones (excluding diaryl/α,β-unsaturated/α-hetero) is 1. The molecule has 0 aliphatic heterocycles. The number of ketones is 1. The van der Waals surface area contributed by atoms with Crippen LogP contribution in [0.3, 0.4) is 0 Å². The topological polar surface area (TPSA) is 64.6 Å². The zero-order valence-electron chi connectivity index (χ0n) is 15.8. The van der Waals surface area contributed by atoms with Crippen molar-refractivity contribution >= 4 is 17.4 Å². The number of halogens is 1. The Balaban J connectivity index is 1.81. The Morgan fingerprint density at radius 2 is 1.96 bits per heavy atom. The van der Waals surface area contributed by atoms with Crippen LogP contribution in [0.5, 0.6) is 11.5 Å². The summed E-state index contributed by atoms with van der Waals surface area (Å²) in [5.41, 5.74) is 2.11. The van der Waals surface area contributed by atoms with E-state index in [-0.39, 0.29) is 29.4 Å². The Hall–Kier alpha value is -2.89. The van der Waals surface area contributed by atoms with Gasteiger partial charge in [-0.05, 0) is 49.6 Å². The minimum absolute atomic E-state index is 0.167. The first kappa shape index (κ1) is 18.9. The van der Waals surface area contributed by atoms with E-state index in [0.29, 0.717) is 17.0 Å². The van der Waals surface area contributed by atoms with Crippen molar-refractivity contribution in [3.8, 4) is 11.5 Å². The van der Waals surface area contributed by atoms with Gasteiger partial charge in [-0.25, -0.2) is 4.39 Å². The molecule has 1 aliphatic carbocycles. The van der Waals surface area contributed by atoms with Gasteiger partial charge in [0, 0.05) is 12.0 Å². The molecule has 2 atom stereocenters. The summed E-state index contributed by atoms with van der Waals surface area (Å²) in [6, 6.07) is 8.12. The second kappa shape index (κ2) is 7.39. The first-order valence-electron chi connectivity index (χ1n) is 8.79. The van der Waals surface area contributed by atoms with Gasteiger partial charge < -0.3 is 14.8 Å². The molecule has 2 unspecified atom stereocenters. The average Bonchev–Trinajstić information content (AvgIpc) is 2.93. The van der Waals surface area contributed by atoms with Gasteiger partial charge in [0.1, 0.15) is 17.3 Å². The third kappa shape index (κ3) is 3.65. The Morgan fingerprint density at radius 3 is 2.67 bits per heavy atom. The van der Waals surface area contributed by atoms with Crippen molar-refractivity contribution in [2.75, 3.05) is 12.4 Å². The van der Waals surface area contributed by atoms with Gasteiger partial charge in [0.15, 0.2) is 11.9 Å². The van der Waals surface area contributed by atoms with E-state index in [2.05, 4.69) is 5.32 Å². The molecule has 2 aromatic rings. The van der Waals surface area contributed by atoms with Gasteiger partial charge >= 0.3 is 0 Å². The third-order valence-corrected chi connectivity index (χ3v) is 4.70. The highest BCUT2D eigenvalue weighted by molar-refractivity contribution is 6.04. The number of nitrogens with one attached hydrogen (secondary N) is 1. The molecule has 1 aliphatic rings. The molecule has 1 N–H and O–H groups in total. The van der Waals surface area contributed by atoms with Crippen molar-refractivity contribution in [3.63, 3.8) is 0 Å². The van der Waals surface area contributed by atoms with Gasteiger partial charge in [-0.3, -0.25) is 9.59 Å². The van der Waals surface area contributed by atoms with Crippen LogP contribution in [0.25, 0.3) is 0 Å². The number of fused-ring (bicyclic) bond motifs is 1. The maximum Gasteiger partial charge on any atom is 0.265 e. The molecule has 1 amide bonds. The molecule has 5 nitrogen and oxygen atoms in total. The highest BCUT2D eigenvalue weighted by atomic mass is 19.1. The number of carbonyl (C=O) groups is 2. The molecule has 0 aromatic heterocycles. The molecule has 0 saturated heterocycles. The second-order valence-electron chi connectivity index (χ2n) is 6.82. The maximum atomic E-state index is 14.1. The van der Waals surface area contributed by atoms with Crippen molar-refractivity contribution in [1.82, 2.24) is 0 Å². The van der Waals surface area contributed by atoms with Crippen LogP contribution in [0.2, 0.25) is 0 Å². The fourth-order valence-electron chi connectivity index (χ4n) is 3.32. The standard InChI is InChI=1S/C21H22FNO4/c1-11-5-7-17(26-4)15(9-11)23-21(25)13(3)27-18-8-6-14(22)19-12(2)10-16(24)20(18)19/h5-9,12-13H,10H2,1-4H3,(H,23,25). The van der Waals surface area contributed by atoms with Crippen LogP contribution in [0.4, 0.5) is 10.1 Å². The number of anilines is 1. The number of methoxy groups -OCH3 is 1. The third-order valence-electron chi connectivity index (χ3n) is 4.70. The van der Waals surface area contributed by atoms with E-state index in [9.17, 15) is 14.0 Å². The molecule has 0 radical (unpaired) electrons. The molecule has 3 rings (SSSR count). The number of ether oxygens (including phenoxy) is 2. The van der Waals surface area contributed by atoms with Gasteiger partial charge in [-0.2, -0.15) is 0 Å². The highest BCUT2D eigenvalue weighted by Crippen LogP contribution is 2.40. The molecule has 27 heavy (non-hydrogen) atoms. The fraction of sp³-hybridized carbons (Fsp3) is 0.333. The Bertz CT molecular complexity index is 909. The lowest BCUT2D eigenvalue weighted by molar-refractivity contribution is -0.122. The molecule has 0 heterocycles. The average molecular weight is 371 g/mol. The summed E-state index contributed by atoms with van der Waals surface area (Å²) in [6.45, 7) is 5.29. The number of hydrogen-bond donors (Lipinski definition) is 1. The summed E-state index contributed by atoms with van der Waals surface area (Å²) in [7, 11) is 1.52. The summed E-state index contributed by atoms with van der Waals surface area (Å²) < 4.78 is 25.1. The fourth-order valence-corrected chi connectivity index (χ4v) is 3.32. The zero-order chi connectivity index (χ0) is 19.7. The van der Waals surface area contributed by atoms with Gasteiger partial charge in [0.05, 0.1) is 18.4 Å². The van der Waals surface area contributed by atoms with E-state index in [1.807, 2.05) is 13.0 Å². The second-order valence-corrected chi connectivity index (χ2v) is 6.82. The van der Waals surface area contributed by atoms with Crippen LogP contribution < -0.4 is 14.8 Å². The first-order valence-corrected chi connectivity index (χ1v) is 8.79. The summed E-state index contributed by atoms with van der Waals surface area (Å²) in [6.07, 6.45) is -0.637. The number of hydrogen-bond acceptors (Lipinski definition) is 4. The van der Waals surface area contributed by atoms with E-state index in [1.165, 1.54) is 19.2 Å². The lowest BCUT2D eigenvalue weighted by Crippen LogP contribution is -2.30. The van der Waals surface area contributed by atoms with Crippen LogP contribution >= 0.6 is 0 Å². The largest absolute Gasteiger partial charge is 0.495 e. The van der Waals surface area contributed by atoms with Crippen LogP contribution in [-0.4, -0.2) is 24.9 Å². The normalized spacial score (nSPS) is 16.6. The molecule has 0 spiro atoms. The predicted octanol–water partition coefficient (Wildman–Crippen LogP) is 4.24.